The van der Waals surface area contributed by atoms with Gasteiger partial charge in [-0.25, -0.2) is 0 Å². The van der Waals surface area contributed by atoms with Crippen LogP contribution in [0, 0.1) is 0 Å². The smallest absolute Gasteiger partial charge is 0.167 e. The molecular formula is C9H24BP2+. The molecule has 0 aromatic carbocycles. The quantitative estimate of drug-likeness (QED) is 0.475. The van der Waals surface area contributed by atoms with E-state index in [0.29, 0.717) is 0 Å². The molecule has 0 fully saturated rings. The van der Waals surface area contributed by atoms with Gasteiger partial charge in [-0.3, -0.25) is 0 Å². The van der Waals surface area contributed by atoms with Gasteiger partial charge in [0.2, 0.25) is 0 Å². The van der Waals surface area contributed by atoms with Crippen LogP contribution >= 0.6 is 14.3 Å². The lowest BCUT2D eigenvalue weighted by atomic mass is 10.7. The van der Waals surface area contributed by atoms with E-state index in [9.17, 15) is 0 Å². The van der Waals surface area contributed by atoms with E-state index in [-0.39, 0.29) is 0 Å². The molecule has 0 aliphatic rings. The molecule has 0 atom stereocenters. The first-order valence-electron chi connectivity index (χ1n) is 4.93. The van der Waals surface area contributed by atoms with Gasteiger partial charge in [0.1, 0.15) is 0 Å². The molecule has 0 rings (SSSR count). The van der Waals surface area contributed by atoms with E-state index in [0.717, 1.165) is 0 Å². The molecule has 0 aliphatic carbocycles. The summed E-state index contributed by atoms with van der Waals surface area (Å²) in [7, 11) is -1.30. The highest BCUT2D eigenvalue weighted by Crippen LogP contribution is 2.67. The molecule has 72 valence electrons. The van der Waals surface area contributed by atoms with Crippen molar-refractivity contribution in [3.8, 4) is 0 Å². The fourth-order valence-electron chi connectivity index (χ4n) is 1.65. The number of hydrogen-bond acceptors (Lipinski definition) is 0. The SMILES string of the molecule is CC[P+]([B-][P+](C)(C)C)(CC)CC. The largest absolute Gasteiger partial charge is 0.170 e. The zero-order valence-corrected chi connectivity index (χ0v) is 11.4. The maximum Gasteiger partial charge on any atom is 0.167 e. The summed E-state index contributed by atoms with van der Waals surface area (Å²) in [6.07, 6.45) is 4.24. The summed E-state index contributed by atoms with van der Waals surface area (Å²) in [4.78, 5) is 0. The summed E-state index contributed by atoms with van der Waals surface area (Å²) in [5.74, 6) is 0. The molecule has 0 nitrogen and oxygen atoms in total. The molecule has 0 bridgehead atoms. The van der Waals surface area contributed by atoms with Gasteiger partial charge in [-0.2, -0.15) is 14.3 Å². The molecule has 0 amide bonds. The highest BCUT2D eigenvalue weighted by Gasteiger charge is 2.29. The van der Waals surface area contributed by atoms with Crippen LogP contribution in [0.5, 0.6) is 0 Å². The van der Waals surface area contributed by atoms with Crippen molar-refractivity contribution in [3.63, 3.8) is 0 Å². The number of rotatable bonds is 5. The minimum absolute atomic E-state index is 0.636. The predicted octanol–water partition coefficient (Wildman–Crippen LogP) is 3.50. The Labute approximate surface area is 80.7 Å². The topological polar surface area (TPSA) is 0 Å². The first-order valence-corrected chi connectivity index (χ1v) is 10.5. The zero-order chi connectivity index (χ0) is 9.83. The second kappa shape index (κ2) is 4.97. The molecule has 0 aromatic heterocycles. The minimum atomic E-state index is -0.662. The first kappa shape index (κ1) is 12.9. The highest BCUT2D eigenvalue weighted by atomic mass is 31.2. The minimum Gasteiger partial charge on any atom is -0.170 e. The van der Waals surface area contributed by atoms with Crippen LogP contribution in [0.15, 0.2) is 0 Å². The lowest BCUT2D eigenvalue weighted by Crippen LogP contribution is -2.12. The molecule has 0 unspecified atom stereocenters. The molecule has 0 spiro atoms. The Morgan fingerprint density at radius 2 is 1.17 bits per heavy atom. The molecule has 2 radical (unpaired) electrons. The third-order valence-electron chi connectivity index (χ3n) is 2.48. The van der Waals surface area contributed by atoms with Crippen LogP contribution in [0.3, 0.4) is 0 Å². The molecular weight excluding hydrogens is 181 g/mol. The number of hydrogen-bond donors (Lipinski definition) is 0. The van der Waals surface area contributed by atoms with Crippen molar-refractivity contribution in [2.45, 2.75) is 20.8 Å². The molecule has 12 heavy (non-hydrogen) atoms. The lowest BCUT2D eigenvalue weighted by molar-refractivity contribution is 1.34. The molecule has 0 heterocycles. The second-order valence-electron chi connectivity index (χ2n) is 4.40. The molecule has 0 N–H and O–H groups in total. The van der Waals surface area contributed by atoms with Crippen molar-refractivity contribution >= 4 is 21.0 Å². The van der Waals surface area contributed by atoms with Crippen LogP contribution in [-0.4, -0.2) is 45.2 Å². The molecule has 3 heteroatoms. The standard InChI is InChI=1S/C9H24BP2/c1-7-12(8-2,9-3)10-11(4,5)6/h7-9H2,1-6H3/q+1. The fourth-order valence-corrected chi connectivity index (χ4v) is 10.8. The molecule has 0 aliphatic heterocycles. The van der Waals surface area contributed by atoms with Crippen molar-refractivity contribution in [2.75, 3.05) is 38.5 Å². The van der Waals surface area contributed by atoms with Gasteiger partial charge in [0.05, 0.1) is 0 Å². The van der Waals surface area contributed by atoms with Crippen molar-refractivity contribution in [2.24, 2.45) is 0 Å². The Balaban J connectivity index is 4.30. The normalized spacial score (nSPS) is 13.5. The summed E-state index contributed by atoms with van der Waals surface area (Å²) in [6, 6.07) is 0. The van der Waals surface area contributed by atoms with Crippen molar-refractivity contribution in [3.05, 3.63) is 0 Å². The summed E-state index contributed by atoms with van der Waals surface area (Å²) in [5.41, 5.74) is 0. The summed E-state index contributed by atoms with van der Waals surface area (Å²) < 4.78 is 0. The first-order chi connectivity index (χ1) is 5.39. The van der Waals surface area contributed by atoms with E-state index in [1.54, 1.807) is 0 Å². The van der Waals surface area contributed by atoms with Crippen LogP contribution < -0.4 is 0 Å². The van der Waals surface area contributed by atoms with Gasteiger partial charge in [-0.05, 0) is 20.8 Å². The van der Waals surface area contributed by atoms with Crippen LogP contribution in [0.1, 0.15) is 20.8 Å². The van der Waals surface area contributed by atoms with Gasteiger partial charge in [0.15, 0.2) is 6.72 Å². The maximum absolute atomic E-state index is 2.76. The maximum atomic E-state index is 2.76. The van der Waals surface area contributed by atoms with E-state index in [2.05, 4.69) is 47.5 Å². The Morgan fingerprint density at radius 3 is 1.25 bits per heavy atom. The van der Waals surface area contributed by atoms with Crippen molar-refractivity contribution < 1.29 is 0 Å². The lowest BCUT2D eigenvalue weighted by Gasteiger charge is -2.37. The molecule has 0 saturated heterocycles. The van der Waals surface area contributed by atoms with E-state index in [4.69, 9.17) is 0 Å². The van der Waals surface area contributed by atoms with Crippen LogP contribution in [0.4, 0.5) is 0 Å². The highest BCUT2D eigenvalue weighted by molar-refractivity contribution is 8.27. The molecule has 0 aromatic rings. The third kappa shape index (κ3) is 4.24. The van der Waals surface area contributed by atoms with Gasteiger partial charge in [0, 0.05) is 38.5 Å². The summed E-state index contributed by atoms with van der Waals surface area (Å²) in [5, 5.41) is 0. The Bertz CT molecular complexity index is 117. The third-order valence-corrected chi connectivity index (χ3v) is 11.0. The van der Waals surface area contributed by atoms with Gasteiger partial charge in [-0.15, -0.1) is 0 Å². The monoisotopic (exact) mass is 205 g/mol. The zero-order valence-electron chi connectivity index (χ0n) is 9.59. The van der Waals surface area contributed by atoms with Crippen molar-refractivity contribution in [1.29, 1.82) is 0 Å². The second-order valence-corrected chi connectivity index (χ2v) is 13.9. The fraction of sp³-hybridized carbons (Fsp3) is 1.00. The van der Waals surface area contributed by atoms with E-state index < -0.39 is 14.3 Å². The average Bonchev–Trinajstić information content (AvgIpc) is 1.99. The average molecular weight is 205 g/mol. The van der Waals surface area contributed by atoms with E-state index in [1.807, 2.05) is 0 Å². The Hall–Kier alpha value is 0.925. The summed E-state index contributed by atoms with van der Waals surface area (Å²) in [6.45, 7) is 17.2. The molecule has 0 saturated carbocycles. The Morgan fingerprint density at radius 1 is 0.833 bits per heavy atom. The summed E-state index contributed by atoms with van der Waals surface area (Å²) >= 11 is 0. The van der Waals surface area contributed by atoms with Gasteiger partial charge in [0.25, 0.3) is 0 Å². The Kier molecular flexibility index (Phi) is 5.35. The van der Waals surface area contributed by atoms with Gasteiger partial charge >= 0.3 is 0 Å². The van der Waals surface area contributed by atoms with Gasteiger partial charge < -0.3 is 0 Å². The van der Waals surface area contributed by atoms with E-state index in [1.165, 1.54) is 18.5 Å². The predicted molar refractivity (Wildman–Crippen MR) is 69.0 cm³/mol. The van der Waals surface area contributed by atoms with Crippen LogP contribution in [0.25, 0.3) is 0 Å². The van der Waals surface area contributed by atoms with E-state index >= 15 is 0 Å². The van der Waals surface area contributed by atoms with Crippen LogP contribution in [0.2, 0.25) is 0 Å². The van der Waals surface area contributed by atoms with Crippen LogP contribution in [-0.2, 0) is 0 Å². The van der Waals surface area contributed by atoms with Gasteiger partial charge in [-0.1, -0.05) is 0 Å². The van der Waals surface area contributed by atoms with Crippen molar-refractivity contribution in [1.82, 2.24) is 0 Å².